The Morgan fingerprint density at radius 2 is 1.68 bits per heavy atom. The highest BCUT2D eigenvalue weighted by Crippen LogP contribution is 2.50. The first-order valence-electron chi connectivity index (χ1n) is 8.54. The molecule has 0 radical (unpaired) electrons. The minimum atomic E-state index is -0.579. The number of halogens is 2. The zero-order valence-electron chi connectivity index (χ0n) is 14.5. The molecule has 0 bridgehead atoms. The van der Waals surface area contributed by atoms with Crippen LogP contribution in [0.5, 0.6) is 5.75 Å². The van der Waals surface area contributed by atoms with E-state index in [4.69, 9.17) is 11.6 Å². The highest BCUT2D eigenvalue weighted by atomic mass is 35.5. The molecular formula is C22H15ClFNO2S. The van der Waals surface area contributed by atoms with Gasteiger partial charge in [-0.25, -0.2) is 4.39 Å². The van der Waals surface area contributed by atoms with Gasteiger partial charge in [-0.15, -0.1) is 0 Å². The summed E-state index contributed by atoms with van der Waals surface area (Å²) >= 11 is 7.20. The highest BCUT2D eigenvalue weighted by molar-refractivity contribution is 8.05. The lowest BCUT2D eigenvalue weighted by Gasteiger charge is -2.24. The molecule has 6 heteroatoms. The fourth-order valence-electron chi connectivity index (χ4n) is 3.04. The number of hydrogen-bond donors (Lipinski definition) is 1. The van der Waals surface area contributed by atoms with Crippen LogP contribution >= 0.6 is 23.4 Å². The van der Waals surface area contributed by atoms with E-state index in [1.165, 1.54) is 22.7 Å². The van der Waals surface area contributed by atoms with Gasteiger partial charge in [0.1, 0.15) is 16.9 Å². The summed E-state index contributed by atoms with van der Waals surface area (Å²) in [4.78, 5) is 15.0. The third-order valence-electron chi connectivity index (χ3n) is 4.39. The van der Waals surface area contributed by atoms with Crippen molar-refractivity contribution in [2.24, 2.45) is 0 Å². The average molecular weight is 412 g/mol. The summed E-state index contributed by atoms with van der Waals surface area (Å²) in [6.07, 6.45) is 1.75. The van der Waals surface area contributed by atoms with Crippen LogP contribution in [-0.2, 0) is 4.79 Å². The minimum absolute atomic E-state index is 0.0573. The van der Waals surface area contributed by atoms with Crippen molar-refractivity contribution in [2.45, 2.75) is 5.37 Å². The van der Waals surface area contributed by atoms with Gasteiger partial charge in [0.05, 0.1) is 10.6 Å². The van der Waals surface area contributed by atoms with Gasteiger partial charge in [-0.3, -0.25) is 9.69 Å². The maximum Gasteiger partial charge on any atom is 0.266 e. The third kappa shape index (κ3) is 3.51. The number of benzene rings is 3. The molecule has 0 aromatic heterocycles. The van der Waals surface area contributed by atoms with Gasteiger partial charge < -0.3 is 5.11 Å². The summed E-state index contributed by atoms with van der Waals surface area (Å²) in [6.45, 7) is 0. The van der Waals surface area contributed by atoms with Crippen LogP contribution in [0.2, 0.25) is 5.02 Å². The molecule has 1 amide bonds. The van der Waals surface area contributed by atoms with Crippen molar-refractivity contribution in [1.29, 1.82) is 0 Å². The van der Waals surface area contributed by atoms with Crippen molar-refractivity contribution in [1.82, 2.24) is 0 Å². The third-order valence-corrected chi connectivity index (χ3v) is 5.87. The number of carbonyl (C=O) groups is 1. The van der Waals surface area contributed by atoms with Crippen molar-refractivity contribution < 1.29 is 14.3 Å². The highest BCUT2D eigenvalue weighted by Gasteiger charge is 2.40. The molecule has 0 aliphatic carbocycles. The number of para-hydroxylation sites is 2. The molecule has 1 atom stereocenters. The van der Waals surface area contributed by atoms with Gasteiger partial charge in [0.2, 0.25) is 0 Å². The Hall–Kier alpha value is -2.76. The minimum Gasteiger partial charge on any atom is -0.508 e. The molecule has 1 aliphatic rings. The summed E-state index contributed by atoms with van der Waals surface area (Å²) in [5, 5.41) is 10.3. The number of aromatic hydroxyl groups is 1. The molecule has 1 unspecified atom stereocenters. The number of rotatable bonds is 3. The van der Waals surface area contributed by atoms with Crippen LogP contribution in [0.15, 0.2) is 77.7 Å². The van der Waals surface area contributed by atoms with Crippen LogP contribution in [0.3, 0.4) is 0 Å². The molecular weight excluding hydrogens is 397 g/mol. The SMILES string of the molecule is O=C1/C(=C/c2ccc(Cl)cc2)SC(c2ccccc2O)N1c1ccccc1F. The summed E-state index contributed by atoms with van der Waals surface area (Å²) in [6, 6.07) is 20.0. The molecule has 28 heavy (non-hydrogen) atoms. The Labute approximate surface area is 171 Å². The molecule has 0 saturated carbocycles. The van der Waals surface area contributed by atoms with Crippen LogP contribution in [0.1, 0.15) is 16.5 Å². The van der Waals surface area contributed by atoms with Crippen molar-refractivity contribution in [3.05, 3.63) is 99.7 Å². The Morgan fingerprint density at radius 3 is 2.39 bits per heavy atom. The predicted molar refractivity (Wildman–Crippen MR) is 112 cm³/mol. The average Bonchev–Trinajstić information content (AvgIpc) is 3.00. The van der Waals surface area contributed by atoms with Gasteiger partial charge in [0.15, 0.2) is 0 Å². The fourth-order valence-corrected chi connectivity index (χ4v) is 4.45. The summed E-state index contributed by atoms with van der Waals surface area (Å²) < 4.78 is 14.5. The maximum absolute atomic E-state index is 14.5. The van der Waals surface area contributed by atoms with Gasteiger partial charge in [-0.2, -0.15) is 0 Å². The van der Waals surface area contributed by atoms with E-state index < -0.39 is 11.2 Å². The first kappa shape index (κ1) is 18.6. The van der Waals surface area contributed by atoms with E-state index in [1.807, 2.05) is 12.1 Å². The number of amides is 1. The van der Waals surface area contributed by atoms with E-state index in [0.717, 1.165) is 5.56 Å². The fraction of sp³-hybridized carbons (Fsp3) is 0.0455. The Morgan fingerprint density at radius 1 is 1.00 bits per heavy atom. The van der Waals surface area contributed by atoms with Gasteiger partial charge >= 0.3 is 0 Å². The second kappa shape index (κ2) is 7.70. The first-order chi connectivity index (χ1) is 13.5. The van der Waals surface area contributed by atoms with E-state index in [-0.39, 0.29) is 17.3 Å². The molecule has 3 aromatic carbocycles. The number of phenolic OH excluding ortho intramolecular Hbond substituents is 1. The van der Waals surface area contributed by atoms with Crippen LogP contribution in [0.4, 0.5) is 10.1 Å². The van der Waals surface area contributed by atoms with E-state index in [9.17, 15) is 14.3 Å². The molecule has 1 N–H and O–H groups in total. The van der Waals surface area contributed by atoms with Crippen LogP contribution in [-0.4, -0.2) is 11.0 Å². The molecule has 1 saturated heterocycles. The first-order valence-corrected chi connectivity index (χ1v) is 9.80. The normalized spacial score (nSPS) is 18.1. The molecule has 0 spiro atoms. The molecule has 1 heterocycles. The van der Waals surface area contributed by atoms with Gasteiger partial charge in [0.25, 0.3) is 5.91 Å². The van der Waals surface area contributed by atoms with E-state index in [0.29, 0.717) is 15.5 Å². The number of thioether (sulfide) groups is 1. The van der Waals surface area contributed by atoms with Crippen molar-refractivity contribution in [3.63, 3.8) is 0 Å². The standard InChI is InChI=1S/C22H15ClFNO2S/c23-15-11-9-14(10-12-15)13-20-21(27)25(18-7-3-2-6-17(18)24)22(28-20)16-5-1-4-8-19(16)26/h1-13,22,26H/b20-13-. The second-order valence-electron chi connectivity index (χ2n) is 6.22. The van der Waals surface area contributed by atoms with Crippen LogP contribution < -0.4 is 4.90 Å². The lowest BCUT2D eigenvalue weighted by Crippen LogP contribution is -2.28. The lowest BCUT2D eigenvalue weighted by atomic mass is 10.1. The maximum atomic E-state index is 14.5. The number of nitrogens with zero attached hydrogens (tertiary/aromatic N) is 1. The molecule has 3 aromatic rings. The van der Waals surface area contributed by atoms with E-state index in [1.54, 1.807) is 60.7 Å². The number of phenols is 1. The monoisotopic (exact) mass is 411 g/mol. The topological polar surface area (TPSA) is 40.5 Å². The Bertz CT molecular complexity index is 1070. The van der Waals surface area contributed by atoms with Crippen LogP contribution in [0, 0.1) is 5.82 Å². The van der Waals surface area contributed by atoms with Gasteiger partial charge in [-0.05, 0) is 42.0 Å². The molecule has 140 valence electrons. The Kier molecular flexibility index (Phi) is 5.11. The summed E-state index contributed by atoms with van der Waals surface area (Å²) in [5.74, 6) is -0.759. The van der Waals surface area contributed by atoms with Crippen LogP contribution in [0.25, 0.3) is 6.08 Å². The Balaban J connectivity index is 1.81. The van der Waals surface area contributed by atoms with Gasteiger partial charge in [0, 0.05) is 10.6 Å². The smallest absolute Gasteiger partial charge is 0.266 e. The van der Waals surface area contributed by atoms with E-state index in [2.05, 4.69) is 0 Å². The zero-order valence-corrected chi connectivity index (χ0v) is 16.1. The summed E-state index contributed by atoms with van der Waals surface area (Å²) in [5.41, 5.74) is 1.53. The molecule has 1 fully saturated rings. The summed E-state index contributed by atoms with van der Waals surface area (Å²) in [7, 11) is 0. The zero-order chi connectivity index (χ0) is 19.7. The quantitative estimate of drug-likeness (QED) is 0.537. The lowest BCUT2D eigenvalue weighted by molar-refractivity contribution is -0.114. The number of anilines is 1. The van der Waals surface area contributed by atoms with Crippen molar-refractivity contribution in [2.75, 3.05) is 4.90 Å². The van der Waals surface area contributed by atoms with Gasteiger partial charge in [-0.1, -0.05) is 65.8 Å². The molecule has 1 aliphatic heterocycles. The predicted octanol–water partition coefficient (Wildman–Crippen LogP) is 6.00. The number of hydrogen-bond acceptors (Lipinski definition) is 3. The van der Waals surface area contributed by atoms with E-state index >= 15 is 0 Å². The molecule has 3 nitrogen and oxygen atoms in total. The van der Waals surface area contributed by atoms with Crippen molar-refractivity contribution in [3.8, 4) is 5.75 Å². The second-order valence-corrected chi connectivity index (χ2v) is 7.77. The molecule has 4 rings (SSSR count). The largest absolute Gasteiger partial charge is 0.508 e. The van der Waals surface area contributed by atoms with Crippen molar-refractivity contribution >= 4 is 41.0 Å². The number of carbonyl (C=O) groups excluding carboxylic acids is 1.